The van der Waals surface area contributed by atoms with Crippen LogP contribution in [0.5, 0.6) is 0 Å². The normalized spacial score (nSPS) is 27.2. The van der Waals surface area contributed by atoms with Crippen molar-refractivity contribution in [1.82, 2.24) is 10.2 Å². The van der Waals surface area contributed by atoms with Crippen LogP contribution in [-0.4, -0.2) is 22.8 Å². The third-order valence-corrected chi connectivity index (χ3v) is 7.34. The average Bonchev–Trinajstić information content (AvgIpc) is 2.75. The molecule has 0 aliphatic heterocycles. The molecule has 3 aliphatic carbocycles. The Hall–Kier alpha value is -2.63. The number of hydrogen-bond donors (Lipinski definition) is 0. The maximum atomic E-state index is 14.4. The quantitative estimate of drug-likeness (QED) is 0.453. The minimum atomic E-state index is -0.651. The van der Waals surface area contributed by atoms with Gasteiger partial charge in [-0.15, -0.1) is 5.10 Å². The molecule has 31 heavy (non-hydrogen) atoms. The van der Waals surface area contributed by atoms with E-state index >= 15 is 0 Å². The molecule has 2 unspecified atom stereocenters. The van der Waals surface area contributed by atoms with Crippen molar-refractivity contribution < 1.29 is 18.3 Å². The van der Waals surface area contributed by atoms with Gasteiger partial charge < -0.3 is 4.74 Å². The topological polar surface area (TPSA) is 52.1 Å². The molecular weight excluding hydrogens is 398 g/mol. The van der Waals surface area contributed by atoms with Gasteiger partial charge >= 0.3 is 5.97 Å². The molecule has 0 spiro atoms. The summed E-state index contributed by atoms with van der Waals surface area (Å²) in [4.78, 5) is 12.5. The Morgan fingerprint density at radius 3 is 2.58 bits per heavy atom. The van der Waals surface area contributed by atoms with E-state index in [9.17, 15) is 13.6 Å². The molecular formula is C25H28F2N2O2. The molecule has 0 N–H and O–H groups in total. The lowest BCUT2D eigenvalue weighted by molar-refractivity contribution is -0.138. The summed E-state index contributed by atoms with van der Waals surface area (Å²) in [5.74, 6) is -0.771. The number of benzene rings is 1. The summed E-state index contributed by atoms with van der Waals surface area (Å²) in [6, 6.07) is 5.60. The summed E-state index contributed by atoms with van der Waals surface area (Å²) in [5.41, 5.74) is 2.07. The second-order valence-electron chi connectivity index (χ2n) is 8.71. The Morgan fingerprint density at radius 1 is 1.23 bits per heavy atom. The number of carbonyl (C=O) groups excluding carboxylic acids is 1. The van der Waals surface area contributed by atoms with Crippen molar-refractivity contribution in [2.75, 3.05) is 6.61 Å². The third-order valence-electron chi connectivity index (χ3n) is 7.34. The van der Waals surface area contributed by atoms with Crippen molar-refractivity contribution in [2.24, 2.45) is 11.8 Å². The molecule has 1 aromatic heterocycles. The van der Waals surface area contributed by atoms with Crippen LogP contribution in [0.3, 0.4) is 0 Å². The Bertz CT molecular complexity index is 1030. The molecule has 5 rings (SSSR count). The van der Waals surface area contributed by atoms with E-state index in [4.69, 9.17) is 4.74 Å². The van der Waals surface area contributed by atoms with E-state index in [2.05, 4.69) is 24.0 Å². The van der Waals surface area contributed by atoms with E-state index in [1.165, 1.54) is 18.2 Å². The standard InChI is InChI=1S/C25H28F2N2O2/c1-5-16(24(30)31-6-2)13-25-11-10-17(14(3)15(25)4)18-12-21(28-29-23(18)25)22-19(26)8-7-9-20(22)27/h7-9,12-15,17H,5-6,10-11H2,1-4H3/b16-13-/t14?,15?,17-,25-/m1/s1. The van der Waals surface area contributed by atoms with Crippen molar-refractivity contribution >= 4 is 5.97 Å². The van der Waals surface area contributed by atoms with Crippen molar-refractivity contribution in [3.8, 4) is 11.3 Å². The molecule has 0 amide bonds. The maximum Gasteiger partial charge on any atom is 0.333 e. The maximum absolute atomic E-state index is 14.4. The highest BCUT2D eigenvalue weighted by atomic mass is 19.1. The number of rotatable bonds is 5. The second-order valence-corrected chi connectivity index (χ2v) is 8.71. The molecule has 2 aromatic rings. The summed E-state index contributed by atoms with van der Waals surface area (Å²) in [5, 5.41) is 8.78. The lowest BCUT2D eigenvalue weighted by Crippen LogP contribution is -2.49. The first-order valence-corrected chi connectivity index (χ1v) is 11.0. The first-order valence-electron chi connectivity index (χ1n) is 11.0. The van der Waals surface area contributed by atoms with E-state index in [1.54, 1.807) is 13.0 Å². The van der Waals surface area contributed by atoms with E-state index < -0.39 is 17.0 Å². The van der Waals surface area contributed by atoms with E-state index in [-0.39, 0.29) is 29.1 Å². The zero-order valence-electron chi connectivity index (χ0n) is 18.4. The number of fused-ring (bicyclic) bond motifs is 2. The number of esters is 1. The molecule has 1 fully saturated rings. The summed E-state index contributed by atoms with van der Waals surface area (Å²) in [7, 11) is 0. The molecule has 164 valence electrons. The molecule has 0 radical (unpaired) electrons. The summed E-state index contributed by atoms with van der Waals surface area (Å²) in [6.07, 6.45) is 4.39. The van der Waals surface area contributed by atoms with E-state index in [0.29, 0.717) is 24.5 Å². The van der Waals surface area contributed by atoms with Crippen LogP contribution in [0.2, 0.25) is 0 Å². The van der Waals surface area contributed by atoms with Gasteiger partial charge in [-0.3, -0.25) is 0 Å². The minimum Gasteiger partial charge on any atom is -0.463 e. The van der Waals surface area contributed by atoms with Crippen molar-refractivity contribution in [1.29, 1.82) is 0 Å². The number of ether oxygens (including phenoxy) is 1. The highest BCUT2D eigenvalue weighted by molar-refractivity contribution is 5.88. The van der Waals surface area contributed by atoms with Gasteiger partial charge in [0.15, 0.2) is 0 Å². The lowest BCUT2D eigenvalue weighted by atomic mass is 9.50. The molecule has 2 bridgehead atoms. The van der Waals surface area contributed by atoms with Gasteiger partial charge in [-0.05, 0) is 67.7 Å². The summed E-state index contributed by atoms with van der Waals surface area (Å²) >= 11 is 0. The Morgan fingerprint density at radius 2 is 1.94 bits per heavy atom. The fraction of sp³-hybridized carbons (Fsp3) is 0.480. The molecule has 6 heteroatoms. The van der Waals surface area contributed by atoms with E-state index in [0.717, 1.165) is 24.1 Å². The predicted molar refractivity (Wildman–Crippen MR) is 114 cm³/mol. The minimum absolute atomic E-state index is 0.148. The van der Waals surface area contributed by atoms with Crippen LogP contribution in [0.25, 0.3) is 11.3 Å². The van der Waals surface area contributed by atoms with Crippen LogP contribution in [0, 0.1) is 23.5 Å². The van der Waals surface area contributed by atoms with E-state index in [1.807, 2.05) is 13.0 Å². The Balaban J connectivity index is 1.88. The Labute approximate surface area is 181 Å². The van der Waals surface area contributed by atoms with Gasteiger partial charge in [0.05, 0.1) is 23.6 Å². The highest BCUT2D eigenvalue weighted by Gasteiger charge is 2.53. The van der Waals surface area contributed by atoms with Crippen molar-refractivity contribution in [2.45, 2.75) is 58.3 Å². The van der Waals surface area contributed by atoms with Crippen LogP contribution < -0.4 is 0 Å². The van der Waals surface area contributed by atoms with Crippen LogP contribution >= 0.6 is 0 Å². The van der Waals surface area contributed by atoms with Gasteiger partial charge in [0.1, 0.15) is 11.6 Å². The number of allylic oxidation sites excluding steroid dienone is 1. The van der Waals surface area contributed by atoms with Gasteiger partial charge in [-0.1, -0.05) is 32.9 Å². The predicted octanol–water partition coefficient (Wildman–Crippen LogP) is 5.72. The largest absolute Gasteiger partial charge is 0.463 e. The number of halogens is 2. The summed E-state index contributed by atoms with van der Waals surface area (Å²) in [6.45, 7) is 8.47. The number of aromatic nitrogens is 2. The molecule has 3 aliphatic rings. The van der Waals surface area contributed by atoms with Gasteiger partial charge in [0.25, 0.3) is 0 Å². The smallest absolute Gasteiger partial charge is 0.333 e. The number of carbonyl (C=O) groups is 1. The van der Waals surface area contributed by atoms with Gasteiger partial charge in [-0.2, -0.15) is 5.10 Å². The first kappa shape index (κ1) is 21.6. The number of hydrogen-bond acceptors (Lipinski definition) is 4. The number of nitrogens with zero attached hydrogens (tertiary/aromatic N) is 2. The summed E-state index contributed by atoms with van der Waals surface area (Å²) < 4.78 is 34.0. The second kappa shape index (κ2) is 8.13. The molecule has 4 nitrogen and oxygen atoms in total. The molecule has 1 heterocycles. The van der Waals surface area contributed by atoms with Crippen molar-refractivity contribution in [3.63, 3.8) is 0 Å². The van der Waals surface area contributed by atoms with Crippen LogP contribution in [-0.2, 0) is 14.9 Å². The molecule has 1 aromatic carbocycles. The lowest BCUT2D eigenvalue weighted by Gasteiger charge is -2.53. The van der Waals surface area contributed by atoms with Crippen LogP contribution in [0.15, 0.2) is 35.9 Å². The first-order chi connectivity index (χ1) is 14.8. The SMILES string of the molecule is CCOC(=O)/C(=C\[C@@]12CC[C@@H](c3cc(-c4c(F)cccc4F)nnc31)C(C)C2C)CC. The van der Waals surface area contributed by atoms with Crippen molar-refractivity contribution in [3.05, 3.63) is 58.8 Å². The zero-order chi connectivity index (χ0) is 22.3. The fourth-order valence-corrected chi connectivity index (χ4v) is 5.50. The molecule has 4 atom stereocenters. The zero-order valence-corrected chi connectivity index (χ0v) is 18.4. The van der Waals surface area contributed by atoms with Gasteiger partial charge in [-0.25, -0.2) is 13.6 Å². The van der Waals surface area contributed by atoms with Crippen LogP contribution in [0.1, 0.15) is 64.1 Å². The van der Waals surface area contributed by atoms with Gasteiger partial charge in [0, 0.05) is 11.0 Å². The highest BCUT2D eigenvalue weighted by Crippen LogP contribution is 2.59. The van der Waals surface area contributed by atoms with Crippen LogP contribution in [0.4, 0.5) is 8.78 Å². The third kappa shape index (κ3) is 3.36. The monoisotopic (exact) mass is 426 g/mol. The molecule has 1 saturated carbocycles. The Kier molecular flexibility index (Phi) is 5.67. The molecule has 0 saturated heterocycles. The van der Waals surface area contributed by atoms with Gasteiger partial charge in [0.2, 0.25) is 0 Å². The fourth-order valence-electron chi connectivity index (χ4n) is 5.50. The average molecular weight is 427 g/mol.